The Morgan fingerprint density at radius 1 is 1.33 bits per heavy atom. The van der Waals surface area contributed by atoms with Gasteiger partial charge in [0.1, 0.15) is 0 Å². The molecule has 1 aliphatic rings. The molecule has 124 valence electrons. The predicted octanol–water partition coefficient (Wildman–Crippen LogP) is 1.71. The predicted molar refractivity (Wildman–Crippen MR) is 89.3 cm³/mol. The van der Waals surface area contributed by atoms with E-state index in [1.54, 1.807) is 28.8 Å². The van der Waals surface area contributed by atoms with Gasteiger partial charge < -0.3 is 10.1 Å². The average molecular weight is 345 g/mol. The van der Waals surface area contributed by atoms with E-state index in [9.17, 15) is 14.4 Å². The quantitative estimate of drug-likeness (QED) is 0.670. The minimum absolute atomic E-state index is 0.148. The maximum atomic E-state index is 12.2. The first-order valence-electron chi connectivity index (χ1n) is 7.27. The highest BCUT2D eigenvalue weighted by atomic mass is 32.2. The summed E-state index contributed by atoms with van der Waals surface area (Å²) in [7, 11) is 1.31. The topological polar surface area (TPSA) is 90.3 Å². The number of thioether (sulfide) groups is 1. The van der Waals surface area contributed by atoms with Crippen LogP contribution in [-0.2, 0) is 9.53 Å². The fourth-order valence-corrected chi connectivity index (χ4v) is 3.60. The molecule has 3 rings (SSSR count). The Morgan fingerprint density at radius 2 is 2.08 bits per heavy atom. The summed E-state index contributed by atoms with van der Waals surface area (Å²) in [6.45, 7) is 0. The van der Waals surface area contributed by atoms with Crippen molar-refractivity contribution in [3.63, 3.8) is 0 Å². The van der Waals surface area contributed by atoms with E-state index in [0.29, 0.717) is 22.2 Å². The van der Waals surface area contributed by atoms with Crippen LogP contribution in [0.3, 0.4) is 0 Å². The largest absolute Gasteiger partial charge is 0.465 e. The number of benzene rings is 1. The average Bonchev–Trinajstić information content (AvgIpc) is 2.99. The van der Waals surface area contributed by atoms with E-state index in [2.05, 4.69) is 15.0 Å². The van der Waals surface area contributed by atoms with Crippen molar-refractivity contribution in [2.45, 2.75) is 17.6 Å². The Morgan fingerprint density at radius 3 is 2.79 bits per heavy atom. The summed E-state index contributed by atoms with van der Waals surface area (Å²) in [4.78, 5) is 39.7. The summed E-state index contributed by atoms with van der Waals surface area (Å²) in [5.74, 6) is 0.00961. The number of hydrogen-bond donors (Lipinski definition) is 1. The van der Waals surface area contributed by atoms with Gasteiger partial charge in [-0.05, 0) is 24.3 Å². The number of nitrogens with zero attached hydrogens (tertiary/aromatic N) is 2. The molecule has 0 bridgehead atoms. The number of nitrogens with one attached hydrogen (secondary N) is 1. The van der Waals surface area contributed by atoms with Crippen LogP contribution >= 0.6 is 11.8 Å². The van der Waals surface area contributed by atoms with Crippen LogP contribution in [0.4, 0.5) is 5.69 Å². The summed E-state index contributed by atoms with van der Waals surface area (Å²) in [6.07, 6.45) is 1.66. The summed E-state index contributed by atoms with van der Waals surface area (Å²) in [5, 5.41) is 3.41. The van der Waals surface area contributed by atoms with Crippen molar-refractivity contribution in [1.82, 2.24) is 9.55 Å². The summed E-state index contributed by atoms with van der Waals surface area (Å²) < 4.78 is 6.18. The molecule has 24 heavy (non-hydrogen) atoms. The van der Waals surface area contributed by atoms with E-state index in [0.717, 1.165) is 0 Å². The van der Waals surface area contributed by atoms with E-state index >= 15 is 0 Å². The van der Waals surface area contributed by atoms with Gasteiger partial charge in [-0.2, -0.15) is 0 Å². The van der Waals surface area contributed by atoms with Crippen LogP contribution in [0.1, 0.15) is 22.8 Å². The fraction of sp³-hybridized carbons (Fsp3) is 0.250. The molecular formula is C16H15N3O4S. The number of hydrogen-bond acceptors (Lipinski definition) is 6. The lowest BCUT2D eigenvalue weighted by atomic mass is 10.2. The monoisotopic (exact) mass is 345 g/mol. The third-order valence-corrected chi connectivity index (χ3v) is 4.74. The van der Waals surface area contributed by atoms with Gasteiger partial charge >= 0.3 is 5.97 Å². The number of methoxy groups -OCH3 is 1. The third kappa shape index (κ3) is 3.33. The summed E-state index contributed by atoms with van der Waals surface area (Å²) in [6, 6.07) is 7.62. The van der Waals surface area contributed by atoms with Crippen molar-refractivity contribution >= 4 is 29.3 Å². The SMILES string of the molecule is COC(=O)c1ccc(NC(=O)CC2CSc3nccc(=O)n32)cc1. The third-order valence-electron chi connectivity index (χ3n) is 3.63. The van der Waals surface area contributed by atoms with Crippen molar-refractivity contribution in [1.29, 1.82) is 0 Å². The molecule has 1 amide bonds. The molecule has 0 spiro atoms. The number of anilines is 1. The number of amides is 1. The number of fused-ring (bicyclic) bond motifs is 1. The molecule has 0 aliphatic carbocycles. The minimum Gasteiger partial charge on any atom is -0.465 e. The highest BCUT2D eigenvalue weighted by Crippen LogP contribution is 2.31. The molecular weight excluding hydrogens is 330 g/mol. The van der Waals surface area contributed by atoms with E-state index in [4.69, 9.17) is 0 Å². The van der Waals surface area contributed by atoms with E-state index in [1.165, 1.54) is 31.1 Å². The molecule has 0 fully saturated rings. The summed E-state index contributed by atoms with van der Waals surface area (Å²) >= 11 is 1.47. The molecule has 0 radical (unpaired) electrons. The highest BCUT2D eigenvalue weighted by Gasteiger charge is 2.26. The van der Waals surface area contributed by atoms with Crippen molar-refractivity contribution in [3.8, 4) is 0 Å². The lowest BCUT2D eigenvalue weighted by Gasteiger charge is -2.13. The van der Waals surface area contributed by atoms with E-state index in [-0.39, 0.29) is 23.9 Å². The van der Waals surface area contributed by atoms with Crippen LogP contribution in [-0.4, -0.2) is 34.3 Å². The Hall–Kier alpha value is -2.61. The molecule has 1 N–H and O–H groups in total. The lowest BCUT2D eigenvalue weighted by Crippen LogP contribution is -2.26. The number of esters is 1. The number of rotatable bonds is 4. The zero-order chi connectivity index (χ0) is 17.1. The van der Waals surface area contributed by atoms with Crippen LogP contribution in [0.15, 0.2) is 46.5 Å². The van der Waals surface area contributed by atoms with Crippen molar-refractivity contribution in [3.05, 3.63) is 52.4 Å². The number of carbonyl (C=O) groups excluding carboxylic acids is 2. The van der Waals surface area contributed by atoms with Crippen molar-refractivity contribution in [2.75, 3.05) is 18.2 Å². The van der Waals surface area contributed by atoms with Crippen LogP contribution in [0.5, 0.6) is 0 Å². The second-order valence-electron chi connectivity index (χ2n) is 5.22. The van der Waals surface area contributed by atoms with Crippen LogP contribution in [0, 0.1) is 0 Å². The van der Waals surface area contributed by atoms with Crippen LogP contribution in [0.2, 0.25) is 0 Å². The zero-order valence-electron chi connectivity index (χ0n) is 12.9. The first kappa shape index (κ1) is 16.3. The molecule has 1 aliphatic heterocycles. The van der Waals surface area contributed by atoms with Gasteiger partial charge in [-0.3, -0.25) is 14.2 Å². The molecule has 1 atom stereocenters. The molecule has 8 heteroatoms. The molecule has 0 saturated heterocycles. The number of ether oxygens (including phenoxy) is 1. The highest BCUT2D eigenvalue weighted by molar-refractivity contribution is 7.99. The van der Waals surface area contributed by atoms with Gasteiger partial charge in [-0.15, -0.1) is 0 Å². The second kappa shape index (κ2) is 6.88. The molecule has 0 saturated carbocycles. The Kier molecular flexibility index (Phi) is 4.66. The van der Waals surface area contributed by atoms with Gasteiger partial charge in [0.15, 0.2) is 5.16 Å². The zero-order valence-corrected chi connectivity index (χ0v) is 13.7. The lowest BCUT2D eigenvalue weighted by molar-refractivity contribution is -0.116. The molecule has 1 unspecified atom stereocenters. The number of carbonyl (C=O) groups is 2. The van der Waals surface area contributed by atoms with E-state index in [1.807, 2.05) is 0 Å². The Balaban J connectivity index is 1.65. The second-order valence-corrected chi connectivity index (χ2v) is 6.21. The van der Waals surface area contributed by atoms with Gasteiger partial charge in [0, 0.05) is 30.1 Å². The maximum absolute atomic E-state index is 12.2. The van der Waals surface area contributed by atoms with Crippen molar-refractivity contribution in [2.24, 2.45) is 0 Å². The van der Waals surface area contributed by atoms with Gasteiger partial charge in [-0.25, -0.2) is 9.78 Å². The van der Waals surface area contributed by atoms with E-state index < -0.39 is 5.97 Å². The standard InChI is InChI=1S/C16H15N3O4S/c1-23-15(22)10-2-4-11(5-3-10)18-13(20)8-12-9-24-16-17-7-6-14(21)19(12)16/h2-7,12H,8-9H2,1H3,(H,18,20). The van der Waals surface area contributed by atoms with Gasteiger partial charge in [0.05, 0.1) is 18.7 Å². The first-order chi connectivity index (χ1) is 11.6. The van der Waals surface area contributed by atoms with Crippen LogP contribution < -0.4 is 10.9 Å². The molecule has 7 nitrogen and oxygen atoms in total. The first-order valence-corrected chi connectivity index (χ1v) is 8.25. The normalized spacial score (nSPS) is 15.6. The van der Waals surface area contributed by atoms with Gasteiger partial charge in [0.25, 0.3) is 5.56 Å². The molecule has 2 heterocycles. The molecule has 1 aromatic carbocycles. The van der Waals surface area contributed by atoms with Gasteiger partial charge in [-0.1, -0.05) is 11.8 Å². The fourth-order valence-electron chi connectivity index (χ4n) is 2.47. The summed E-state index contributed by atoms with van der Waals surface area (Å²) in [5.41, 5.74) is 0.844. The minimum atomic E-state index is -0.431. The smallest absolute Gasteiger partial charge is 0.337 e. The van der Waals surface area contributed by atoms with Gasteiger partial charge in [0.2, 0.25) is 5.91 Å². The van der Waals surface area contributed by atoms with Crippen LogP contribution in [0.25, 0.3) is 0 Å². The number of aromatic nitrogens is 2. The molecule has 2 aromatic rings. The maximum Gasteiger partial charge on any atom is 0.337 e. The van der Waals surface area contributed by atoms with Crippen molar-refractivity contribution < 1.29 is 14.3 Å². The molecule has 1 aromatic heterocycles. The Bertz CT molecular complexity index is 832. The Labute approximate surface area is 142 Å².